The van der Waals surface area contributed by atoms with Gasteiger partial charge in [0, 0.05) is 0 Å². The van der Waals surface area contributed by atoms with E-state index in [9.17, 15) is 4.79 Å². The van der Waals surface area contributed by atoms with Gasteiger partial charge >= 0.3 is 5.97 Å². The maximum atomic E-state index is 11.2. The van der Waals surface area contributed by atoms with Gasteiger partial charge in [-0.05, 0) is 12.5 Å². The fourth-order valence-corrected chi connectivity index (χ4v) is 1.31. The molecule has 1 aromatic rings. The smallest absolute Gasteiger partial charge is 0.307 e. The summed E-state index contributed by atoms with van der Waals surface area (Å²) in [5.74, 6) is -0.738. The van der Waals surface area contributed by atoms with E-state index in [2.05, 4.69) is 6.07 Å². The van der Waals surface area contributed by atoms with Crippen molar-refractivity contribution in [1.82, 2.24) is 0 Å². The first-order chi connectivity index (χ1) is 7.27. The Balaban J connectivity index is 2.66. The number of rotatable bonds is 4. The highest BCUT2D eigenvalue weighted by Crippen LogP contribution is 2.18. The summed E-state index contributed by atoms with van der Waals surface area (Å²) in [4.78, 5) is 11.2. The number of hydrogen-bond donors (Lipinski definition) is 0. The van der Waals surface area contributed by atoms with Crippen LogP contribution < -0.4 is 0 Å². The van der Waals surface area contributed by atoms with Crippen molar-refractivity contribution in [1.29, 1.82) is 5.26 Å². The predicted octanol–water partition coefficient (Wildman–Crippen LogP) is 2.25. The average molecular weight is 203 g/mol. The fourth-order valence-electron chi connectivity index (χ4n) is 1.31. The van der Waals surface area contributed by atoms with Gasteiger partial charge in [-0.1, -0.05) is 30.3 Å². The summed E-state index contributed by atoms with van der Waals surface area (Å²) in [5.41, 5.74) is 0.855. The molecule has 0 unspecified atom stereocenters. The number of hydrogen-bond acceptors (Lipinski definition) is 3. The zero-order valence-corrected chi connectivity index (χ0v) is 8.64. The minimum absolute atomic E-state index is 0.119. The Morgan fingerprint density at radius 3 is 2.67 bits per heavy atom. The molecule has 0 amide bonds. The number of carbonyl (C=O) groups excluding carboxylic acids is 1. The van der Waals surface area contributed by atoms with E-state index in [1.54, 1.807) is 6.92 Å². The number of esters is 1. The lowest BCUT2D eigenvalue weighted by Crippen LogP contribution is -2.09. The average Bonchev–Trinajstić information content (AvgIpc) is 2.27. The van der Waals surface area contributed by atoms with Gasteiger partial charge in [0.15, 0.2) is 0 Å². The number of ether oxygens (including phenoxy) is 1. The molecule has 0 aliphatic rings. The van der Waals surface area contributed by atoms with Crippen molar-refractivity contribution in [2.24, 2.45) is 0 Å². The lowest BCUT2D eigenvalue weighted by molar-refractivity contribution is -0.143. The summed E-state index contributed by atoms with van der Waals surface area (Å²) in [7, 11) is 0. The molecule has 1 rings (SSSR count). The van der Waals surface area contributed by atoms with Crippen LogP contribution in [-0.2, 0) is 9.53 Å². The quantitative estimate of drug-likeness (QED) is 0.705. The topological polar surface area (TPSA) is 50.1 Å². The van der Waals surface area contributed by atoms with Crippen LogP contribution in [-0.4, -0.2) is 12.6 Å². The van der Waals surface area contributed by atoms with Gasteiger partial charge in [0.1, 0.15) is 0 Å². The highest BCUT2D eigenvalue weighted by molar-refractivity contribution is 5.71. The summed E-state index contributed by atoms with van der Waals surface area (Å²) in [6, 6.07) is 11.4. The molecule has 78 valence electrons. The lowest BCUT2D eigenvalue weighted by atomic mass is 9.97. The van der Waals surface area contributed by atoms with Crippen LogP contribution in [0.3, 0.4) is 0 Å². The summed E-state index contributed by atoms with van der Waals surface area (Å²) in [6.07, 6.45) is 0.119. The van der Waals surface area contributed by atoms with Crippen LogP contribution >= 0.6 is 0 Å². The molecule has 0 bridgehead atoms. The highest BCUT2D eigenvalue weighted by atomic mass is 16.5. The molecule has 0 aliphatic carbocycles. The van der Waals surface area contributed by atoms with Crippen LogP contribution in [0.4, 0.5) is 0 Å². The first kappa shape index (κ1) is 11.3. The molecule has 15 heavy (non-hydrogen) atoms. The third-order valence-electron chi connectivity index (χ3n) is 2.03. The van der Waals surface area contributed by atoms with Gasteiger partial charge in [-0.15, -0.1) is 0 Å². The van der Waals surface area contributed by atoms with Crippen molar-refractivity contribution >= 4 is 5.97 Å². The monoisotopic (exact) mass is 203 g/mol. The normalized spacial score (nSPS) is 11.5. The van der Waals surface area contributed by atoms with Gasteiger partial charge in [-0.2, -0.15) is 5.26 Å². The van der Waals surface area contributed by atoms with Gasteiger partial charge in [-0.3, -0.25) is 4.79 Å². The predicted molar refractivity (Wildman–Crippen MR) is 56.0 cm³/mol. The molecule has 0 spiro atoms. The molecule has 0 saturated heterocycles. The van der Waals surface area contributed by atoms with E-state index < -0.39 is 5.92 Å². The Morgan fingerprint density at radius 1 is 1.47 bits per heavy atom. The second kappa shape index (κ2) is 5.82. The molecule has 0 aliphatic heterocycles. The van der Waals surface area contributed by atoms with E-state index in [1.807, 2.05) is 30.3 Å². The van der Waals surface area contributed by atoms with Crippen LogP contribution in [0.5, 0.6) is 0 Å². The van der Waals surface area contributed by atoms with Crippen molar-refractivity contribution < 1.29 is 9.53 Å². The number of nitrogens with zero attached hydrogens (tertiary/aromatic N) is 1. The third-order valence-corrected chi connectivity index (χ3v) is 2.03. The Labute approximate surface area is 89.3 Å². The van der Waals surface area contributed by atoms with Crippen LogP contribution in [0.1, 0.15) is 24.8 Å². The molecule has 3 heteroatoms. The van der Waals surface area contributed by atoms with E-state index in [1.165, 1.54) is 0 Å². The van der Waals surface area contributed by atoms with Gasteiger partial charge in [0.2, 0.25) is 0 Å². The molecule has 1 aromatic carbocycles. The van der Waals surface area contributed by atoms with Crippen LogP contribution in [0.15, 0.2) is 30.3 Å². The molecule has 0 fully saturated rings. The second-order valence-corrected chi connectivity index (χ2v) is 3.10. The summed E-state index contributed by atoms with van der Waals surface area (Å²) in [5, 5.41) is 8.94. The van der Waals surface area contributed by atoms with E-state index in [4.69, 9.17) is 10.00 Å². The molecule has 0 radical (unpaired) electrons. The van der Waals surface area contributed by atoms with E-state index in [0.29, 0.717) is 6.61 Å². The fraction of sp³-hybridized carbons (Fsp3) is 0.333. The largest absolute Gasteiger partial charge is 0.466 e. The minimum Gasteiger partial charge on any atom is -0.466 e. The van der Waals surface area contributed by atoms with Crippen LogP contribution in [0.25, 0.3) is 0 Å². The summed E-state index contributed by atoms with van der Waals surface area (Å²) >= 11 is 0. The van der Waals surface area contributed by atoms with Gasteiger partial charge in [0.05, 0.1) is 25.0 Å². The zero-order valence-electron chi connectivity index (χ0n) is 8.64. The highest BCUT2D eigenvalue weighted by Gasteiger charge is 2.15. The number of carbonyl (C=O) groups is 1. The van der Waals surface area contributed by atoms with Crippen molar-refractivity contribution in [3.05, 3.63) is 35.9 Å². The number of nitriles is 1. The van der Waals surface area contributed by atoms with Crippen LogP contribution in [0, 0.1) is 11.3 Å². The molecule has 0 saturated carbocycles. The maximum Gasteiger partial charge on any atom is 0.307 e. The van der Waals surface area contributed by atoms with Gasteiger partial charge in [-0.25, -0.2) is 0 Å². The first-order valence-corrected chi connectivity index (χ1v) is 4.88. The van der Waals surface area contributed by atoms with Crippen molar-refractivity contribution in [2.45, 2.75) is 19.3 Å². The van der Waals surface area contributed by atoms with Gasteiger partial charge in [0.25, 0.3) is 0 Å². The van der Waals surface area contributed by atoms with Crippen LogP contribution in [0.2, 0.25) is 0 Å². The Bertz CT molecular complexity index is 354. The van der Waals surface area contributed by atoms with Crippen molar-refractivity contribution in [2.75, 3.05) is 6.61 Å². The molecule has 3 nitrogen and oxygen atoms in total. The third kappa shape index (κ3) is 3.43. The maximum absolute atomic E-state index is 11.2. The standard InChI is InChI=1S/C12H13NO2/c1-2-15-12(14)8-11(9-13)10-6-4-3-5-7-10/h3-7,11H,2,8H2,1H3/t11-/m0/s1. The first-order valence-electron chi connectivity index (χ1n) is 4.88. The molecular weight excluding hydrogens is 190 g/mol. The Morgan fingerprint density at radius 2 is 2.13 bits per heavy atom. The molecule has 1 atom stereocenters. The van der Waals surface area contributed by atoms with Crippen molar-refractivity contribution in [3.63, 3.8) is 0 Å². The van der Waals surface area contributed by atoms with E-state index in [0.717, 1.165) is 5.56 Å². The molecule has 0 heterocycles. The second-order valence-electron chi connectivity index (χ2n) is 3.10. The SMILES string of the molecule is CCOC(=O)C[C@@H](C#N)c1ccccc1. The van der Waals surface area contributed by atoms with E-state index >= 15 is 0 Å². The number of benzene rings is 1. The Hall–Kier alpha value is -1.82. The summed E-state index contributed by atoms with van der Waals surface area (Å²) < 4.78 is 4.81. The van der Waals surface area contributed by atoms with E-state index in [-0.39, 0.29) is 12.4 Å². The molecule has 0 aromatic heterocycles. The lowest BCUT2D eigenvalue weighted by Gasteiger charge is -2.08. The molecule has 0 N–H and O–H groups in total. The molecular formula is C12H13NO2. The van der Waals surface area contributed by atoms with Gasteiger partial charge < -0.3 is 4.74 Å². The minimum atomic E-state index is -0.412. The summed E-state index contributed by atoms with van der Waals surface area (Å²) in [6.45, 7) is 2.10. The Kier molecular flexibility index (Phi) is 4.36. The zero-order chi connectivity index (χ0) is 11.1. The van der Waals surface area contributed by atoms with Crippen molar-refractivity contribution in [3.8, 4) is 6.07 Å².